The second-order valence-electron chi connectivity index (χ2n) is 7.53. The first-order valence-electron chi connectivity index (χ1n) is 10.5. The van der Waals surface area contributed by atoms with Gasteiger partial charge in [0, 0.05) is 30.0 Å². The summed E-state index contributed by atoms with van der Waals surface area (Å²) in [5.74, 6) is -0.764. The number of nitrogens with zero attached hydrogens (tertiary/aromatic N) is 3. The van der Waals surface area contributed by atoms with E-state index in [1.54, 1.807) is 6.07 Å². The van der Waals surface area contributed by atoms with E-state index in [1.807, 2.05) is 67.1 Å². The van der Waals surface area contributed by atoms with E-state index >= 15 is 0 Å². The van der Waals surface area contributed by atoms with Crippen molar-refractivity contribution >= 4 is 29.1 Å². The van der Waals surface area contributed by atoms with Crippen molar-refractivity contribution in [3.63, 3.8) is 0 Å². The lowest BCUT2D eigenvalue weighted by Gasteiger charge is -2.07. The summed E-state index contributed by atoms with van der Waals surface area (Å²) in [4.78, 5) is 28.3. The number of aromatic nitrogens is 3. The molecule has 168 valence electrons. The molecular weight excluding hydrogens is 420 g/mol. The van der Waals surface area contributed by atoms with E-state index in [-0.39, 0.29) is 12.5 Å². The standard InChI is InChI=1S/C25H24N4O4/c1-17-20(18(2)29(28-17)15-19-8-4-3-5-9-19)14-26-23(30)16-32-25(31)13-12-24-27-21-10-6-7-11-22(21)33-24/h3-13H,14-16H2,1-2H3,(H,26,30)/b13-12+. The zero-order valence-electron chi connectivity index (χ0n) is 18.4. The van der Waals surface area contributed by atoms with Crippen molar-refractivity contribution in [2.75, 3.05) is 6.61 Å². The van der Waals surface area contributed by atoms with Crippen LogP contribution in [0.25, 0.3) is 17.2 Å². The predicted molar refractivity (Wildman–Crippen MR) is 123 cm³/mol. The van der Waals surface area contributed by atoms with Gasteiger partial charge in [0.05, 0.1) is 12.2 Å². The molecule has 0 aliphatic rings. The van der Waals surface area contributed by atoms with E-state index < -0.39 is 11.9 Å². The van der Waals surface area contributed by atoms with Crippen molar-refractivity contribution in [1.82, 2.24) is 20.1 Å². The molecule has 2 aromatic carbocycles. The number of para-hydroxylation sites is 2. The van der Waals surface area contributed by atoms with Gasteiger partial charge in [-0.05, 0) is 31.5 Å². The molecule has 8 nitrogen and oxygen atoms in total. The van der Waals surface area contributed by atoms with Gasteiger partial charge in [-0.2, -0.15) is 5.10 Å². The summed E-state index contributed by atoms with van der Waals surface area (Å²) in [5, 5.41) is 7.36. The average molecular weight is 444 g/mol. The molecule has 0 atom stereocenters. The van der Waals surface area contributed by atoms with Crippen LogP contribution in [0.2, 0.25) is 0 Å². The van der Waals surface area contributed by atoms with Crippen LogP contribution in [0.1, 0.15) is 28.4 Å². The molecule has 1 amide bonds. The third-order valence-corrected chi connectivity index (χ3v) is 5.19. The van der Waals surface area contributed by atoms with Gasteiger partial charge in [0.25, 0.3) is 5.91 Å². The molecule has 0 spiro atoms. The number of fused-ring (bicyclic) bond motifs is 1. The SMILES string of the molecule is Cc1nn(Cc2ccccc2)c(C)c1CNC(=O)COC(=O)/C=C/c1nc2ccccc2o1. The van der Waals surface area contributed by atoms with Gasteiger partial charge in [-0.1, -0.05) is 42.5 Å². The van der Waals surface area contributed by atoms with Crippen molar-refractivity contribution in [2.45, 2.75) is 26.9 Å². The fraction of sp³-hybridized carbons (Fsp3) is 0.200. The molecule has 0 saturated carbocycles. The number of carbonyl (C=O) groups excluding carboxylic acids is 2. The lowest BCUT2D eigenvalue weighted by Crippen LogP contribution is -2.28. The summed E-state index contributed by atoms with van der Waals surface area (Å²) in [6.07, 6.45) is 2.59. The number of amides is 1. The van der Waals surface area contributed by atoms with Gasteiger partial charge >= 0.3 is 5.97 Å². The Kier molecular flexibility index (Phi) is 6.64. The maximum atomic E-state index is 12.2. The fourth-order valence-corrected chi connectivity index (χ4v) is 3.42. The van der Waals surface area contributed by atoms with Crippen LogP contribution in [0, 0.1) is 13.8 Å². The Morgan fingerprint density at radius 3 is 2.64 bits per heavy atom. The minimum atomic E-state index is -0.657. The first-order valence-corrected chi connectivity index (χ1v) is 10.5. The van der Waals surface area contributed by atoms with Crippen LogP contribution in [-0.2, 0) is 27.4 Å². The molecule has 0 aliphatic heterocycles. The lowest BCUT2D eigenvalue weighted by atomic mass is 10.2. The van der Waals surface area contributed by atoms with Gasteiger partial charge in [-0.3, -0.25) is 9.48 Å². The molecule has 4 aromatic rings. The third kappa shape index (κ3) is 5.54. The topological polar surface area (TPSA) is 99.2 Å². The maximum Gasteiger partial charge on any atom is 0.331 e. The van der Waals surface area contributed by atoms with Crippen LogP contribution >= 0.6 is 0 Å². The minimum absolute atomic E-state index is 0.288. The fourth-order valence-electron chi connectivity index (χ4n) is 3.42. The van der Waals surface area contributed by atoms with Crippen LogP contribution in [0.3, 0.4) is 0 Å². The number of carbonyl (C=O) groups is 2. The average Bonchev–Trinajstić information content (AvgIpc) is 3.35. The van der Waals surface area contributed by atoms with Gasteiger partial charge < -0.3 is 14.5 Å². The number of oxazole rings is 1. The quantitative estimate of drug-likeness (QED) is 0.330. The smallest absolute Gasteiger partial charge is 0.331 e. The zero-order valence-corrected chi connectivity index (χ0v) is 18.4. The Balaban J connectivity index is 1.26. The van der Waals surface area contributed by atoms with E-state index in [1.165, 1.54) is 12.2 Å². The molecular formula is C25H24N4O4. The number of rotatable bonds is 8. The van der Waals surface area contributed by atoms with Gasteiger partial charge in [0.15, 0.2) is 12.2 Å². The predicted octanol–water partition coefficient (Wildman–Crippen LogP) is 3.56. The number of hydrogen-bond acceptors (Lipinski definition) is 6. The Morgan fingerprint density at radius 1 is 1.09 bits per heavy atom. The number of aryl methyl sites for hydroxylation is 1. The highest BCUT2D eigenvalue weighted by atomic mass is 16.5. The van der Waals surface area contributed by atoms with Crippen LogP contribution < -0.4 is 5.32 Å². The number of benzene rings is 2. The van der Waals surface area contributed by atoms with Gasteiger partial charge in [0.2, 0.25) is 5.89 Å². The molecule has 0 saturated heterocycles. The highest BCUT2D eigenvalue weighted by molar-refractivity contribution is 5.89. The Morgan fingerprint density at radius 2 is 1.85 bits per heavy atom. The number of nitrogens with one attached hydrogen (secondary N) is 1. The van der Waals surface area contributed by atoms with E-state index in [2.05, 4.69) is 15.4 Å². The molecule has 0 aliphatic carbocycles. The molecule has 1 N–H and O–H groups in total. The number of esters is 1. The molecule has 0 bridgehead atoms. The number of ether oxygens (including phenoxy) is 1. The van der Waals surface area contributed by atoms with Crippen LogP contribution in [-0.4, -0.2) is 33.2 Å². The second kappa shape index (κ2) is 9.95. The monoisotopic (exact) mass is 444 g/mol. The van der Waals surface area contributed by atoms with Crippen molar-refractivity contribution in [1.29, 1.82) is 0 Å². The van der Waals surface area contributed by atoms with Crippen molar-refractivity contribution in [3.8, 4) is 0 Å². The molecule has 0 unspecified atom stereocenters. The Hall–Kier alpha value is -4.20. The Bertz CT molecular complexity index is 1270. The normalized spacial score (nSPS) is 11.2. The molecule has 8 heteroatoms. The molecule has 2 aromatic heterocycles. The summed E-state index contributed by atoms with van der Waals surface area (Å²) in [6, 6.07) is 17.3. The molecule has 0 fully saturated rings. The third-order valence-electron chi connectivity index (χ3n) is 5.19. The summed E-state index contributed by atoms with van der Waals surface area (Å²) >= 11 is 0. The Labute approximate surface area is 190 Å². The summed E-state index contributed by atoms with van der Waals surface area (Å²) < 4.78 is 12.4. The number of hydrogen-bond donors (Lipinski definition) is 1. The van der Waals surface area contributed by atoms with E-state index in [0.29, 0.717) is 24.2 Å². The maximum absolute atomic E-state index is 12.2. The van der Waals surface area contributed by atoms with Crippen molar-refractivity contribution in [2.24, 2.45) is 0 Å². The molecule has 33 heavy (non-hydrogen) atoms. The summed E-state index contributed by atoms with van der Waals surface area (Å²) in [6.45, 7) is 4.47. The van der Waals surface area contributed by atoms with Gasteiger partial charge in [-0.15, -0.1) is 0 Å². The molecule has 0 radical (unpaired) electrons. The van der Waals surface area contributed by atoms with E-state index in [4.69, 9.17) is 9.15 Å². The van der Waals surface area contributed by atoms with Crippen LogP contribution in [0.15, 0.2) is 65.1 Å². The second-order valence-corrected chi connectivity index (χ2v) is 7.53. The van der Waals surface area contributed by atoms with E-state index in [9.17, 15) is 9.59 Å². The summed E-state index contributed by atoms with van der Waals surface area (Å²) in [5.41, 5.74) is 5.25. The lowest BCUT2D eigenvalue weighted by molar-refractivity contribution is -0.143. The van der Waals surface area contributed by atoms with Crippen LogP contribution in [0.5, 0.6) is 0 Å². The van der Waals surface area contributed by atoms with Crippen molar-refractivity contribution < 1.29 is 18.7 Å². The largest absolute Gasteiger partial charge is 0.452 e. The van der Waals surface area contributed by atoms with Gasteiger partial charge in [0.1, 0.15) is 5.52 Å². The highest BCUT2D eigenvalue weighted by Crippen LogP contribution is 2.16. The van der Waals surface area contributed by atoms with Gasteiger partial charge in [-0.25, -0.2) is 9.78 Å². The minimum Gasteiger partial charge on any atom is -0.452 e. The van der Waals surface area contributed by atoms with Crippen LogP contribution in [0.4, 0.5) is 0 Å². The zero-order chi connectivity index (χ0) is 23.2. The highest BCUT2D eigenvalue weighted by Gasteiger charge is 2.13. The first kappa shape index (κ1) is 22.0. The van der Waals surface area contributed by atoms with Crippen molar-refractivity contribution in [3.05, 3.63) is 89.1 Å². The van der Waals surface area contributed by atoms with E-state index in [0.717, 1.165) is 22.5 Å². The molecule has 2 heterocycles. The first-order chi connectivity index (χ1) is 16.0. The molecule has 4 rings (SSSR count). The summed E-state index contributed by atoms with van der Waals surface area (Å²) in [7, 11) is 0.